The van der Waals surface area contributed by atoms with Crippen LogP contribution in [0.25, 0.3) is 0 Å². The third-order valence-electron chi connectivity index (χ3n) is 2.48. The highest BCUT2D eigenvalue weighted by Gasteiger charge is 2.16. The molecule has 0 aromatic heterocycles. The van der Waals surface area contributed by atoms with Crippen LogP contribution in [0.15, 0.2) is 24.3 Å². The predicted molar refractivity (Wildman–Crippen MR) is 85.4 cm³/mol. The van der Waals surface area contributed by atoms with Crippen LogP contribution in [0.5, 0.6) is 0 Å². The maximum Gasteiger partial charge on any atom is 0.412 e. The molecule has 0 heterocycles. The number of nitrogens with one attached hydrogen (secondary N) is 1. The Morgan fingerprint density at radius 3 is 2.55 bits per heavy atom. The molecule has 0 bridgehead atoms. The first-order chi connectivity index (χ1) is 10.1. The van der Waals surface area contributed by atoms with E-state index in [2.05, 4.69) is 9.50 Å². The average Bonchev–Trinajstić information content (AvgIpc) is 2.31. The van der Waals surface area contributed by atoms with Crippen molar-refractivity contribution in [3.63, 3.8) is 0 Å². The van der Waals surface area contributed by atoms with Gasteiger partial charge in [-0.2, -0.15) is 8.42 Å². The number of benzene rings is 1. The van der Waals surface area contributed by atoms with Crippen molar-refractivity contribution in [1.82, 2.24) is 0 Å². The molecule has 22 heavy (non-hydrogen) atoms. The number of hydrogen-bond donors (Lipinski definition) is 1. The van der Waals surface area contributed by atoms with E-state index in [0.717, 1.165) is 11.8 Å². The first-order valence-electron chi connectivity index (χ1n) is 6.98. The van der Waals surface area contributed by atoms with Gasteiger partial charge in [0.1, 0.15) is 5.60 Å². The molecule has 0 radical (unpaired) electrons. The molecule has 0 fully saturated rings. The van der Waals surface area contributed by atoms with Crippen LogP contribution in [0.4, 0.5) is 10.5 Å². The van der Waals surface area contributed by atoms with E-state index in [-0.39, 0.29) is 6.61 Å². The van der Waals surface area contributed by atoms with Gasteiger partial charge in [-0.25, -0.2) is 4.79 Å². The van der Waals surface area contributed by atoms with Crippen LogP contribution >= 0.6 is 0 Å². The van der Waals surface area contributed by atoms with E-state index >= 15 is 0 Å². The molecule has 0 saturated carbocycles. The van der Waals surface area contributed by atoms with Gasteiger partial charge in [-0.1, -0.05) is 12.1 Å². The molecule has 1 rings (SSSR count). The lowest BCUT2D eigenvalue weighted by molar-refractivity contribution is 0.0636. The second-order valence-corrected chi connectivity index (χ2v) is 7.60. The lowest BCUT2D eigenvalue weighted by atomic mass is 10.1. The Morgan fingerprint density at radius 1 is 1.27 bits per heavy atom. The molecule has 0 unspecified atom stereocenters. The molecular formula is C15H23NO5S. The zero-order chi connectivity index (χ0) is 16.8. The Bertz CT molecular complexity index is 605. The van der Waals surface area contributed by atoms with E-state index in [9.17, 15) is 13.2 Å². The van der Waals surface area contributed by atoms with E-state index in [1.165, 1.54) is 0 Å². The normalized spacial score (nSPS) is 12.0. The number of carbonyl (C=O) groups is 1. The smallest absolute Gasteiger partial charge is 0.412 e. The molecule has 0 atom stereocenters. The summed E-state index contributed by atoms with van der Waals surface area (Å²) in [6, 6.07) is 7.31. The molecule has 1 N–H and O–H groups in total. The highest BCUT2D eigenvalue weighted by atomic mass is 32.2. The van der Waals surface area contributed by atoms with Crippen molar-refractivity contribution in [1.29, 1.82) is 0 Å². The van der Waals surface area contributed by atoms with Crippen molar-refractivity contribution in [3.8, 4) is 0 Å². The zero-order valence-electron chi connectivity index (χ0n) is 13.4. The summed E-state index contributed by atoms with van der Waals surface area (Å²) in [4.78, 5) is 11.7. The fourth-order valence-electron chi connectivity index (χ4n) is 1.71. The number of aryl methyl sites for hydroxylation is 1. The van der Waals surface area contributed by atoms with Crippen molar-refractivity contribution >= 4 is 21.9 Å². The summed E-state index contributed by atoms with van der Waals surface area (Å²) in [5, 5.41) is 2.67. The minimum absolute atomic E-state index is 0.141. The third kappa shape index (κ3) is 8.63. The Balaban J connectivity index is 2.50. The van der Waals surface area contributed by atoms with Gasteiger partial charge in [0.15, 0.2) is 0 Å². The molecule has 0 aliphatic carbocycles. The summed E-state index contributed by atoms with van der Waals surface area (Å²) in [5.41, 5.74) is 1.06. The number of amides is 1. The van der Waals surface area contributed by atoms with Crippen molar-refractivity contribution in [2.45, 2.75) is 39.2 Å². The number of ether oxygens (including phenoxy) is 1. The number of hydrogen-bond acceptors (Lipinski definition) is 5. The van der Waals surface area contributed by atoms with E-state index in [1.807, 2.05) is 18.2 Å². The topological polar surface area (TPSA) is 81.7 Å². The molecule has 1 aromatic rings. The Hall–Kier alpha value is -1.60. The monoisotopic (exact) mass is 329 g/mol. The molecule has 124 valence electrons. The van der Waals surface area contributed by atoms with Crippen LogP contribution in [-0.4, -0.2) is 33.0 Å². The quantitative estimate of drug-likeness (QED) is 0.641. The summed E-state index contributed by atoms with van der Waals surface area (Å²) < 4.78 is 31.6. The van der Waals surface area contributed by atoms with Gasteiger partial charge in [0.2, 0.25) is 0 Å². The van der Waals surface area contributed by atoms with Crippen LogP contribution in [0.2, 0.25) is 0 Å². The van der Waals surface area contributed by atoms with E-state index < -0.39 is 21.8 Å². The van der Waals surface area contributed by atoms with Crippen LogP contribution in [0.1, 0.15) is 32.8 Å². The van der Waals surface area contributed by atoms with Gasteiger partial charge in [-0.05, 0) is 51.3 Å². The van der Waals surface area contributed by atoms with Gasteiger partial charge in [-0.15, -0.1) is 0 Å². The van der Waals surface area contributed by atoms with Gasteiger partial charge in [0, 0.05) is 5.69 Å². The minimum Gasteiger partial charge on any atom is -0.444 e. The van der Waals surface area contributed by atoms with Gasteiger partial charge in [-0.3, -0.25) is 9.50 Å². The number of rotatable bonds is 6. The van der Waals surface area contributed by atoms with E-state index in [0.29, 0.717) is 18.5 Å². The number of anilines is 1. The van der Waals surface area contributed by atoms with Crippen LogP contribution in [0, 0.1) is 0 Å². The maximum atomic E-state index is 11.7. The SMILES string of the molecule is CC(C)(C)OC(=O)Nc1cccc(CCCOS(C)(=O)=O)c1. The van der Waals surface area contributed by atoms with Crippen molar-refractivity contribution in [3.05, 3.63) is 29.8 Å². The average molecular weight is 329 g/mol. The molecule has 1 amide bonds. The summed E-state index contributed by atoms with van der Waals surface area (Å²) in [6.45, 7) is 5.53. The second kappa shape index (κ2) is 7.60. The van der Waals surface area contributed by atoms with Gasteiger partial charge >= 0.3 is 6.09 Å². The summed E-state index contributed by atoms with van der Waals surface area (Å²) in [7, 11) is -3.39. The van der Waals surface area contributed by atoms with Crippen LogP contribution in [-0.2, 0) is 25.5 Å². The first-order valence-corrected chi connectivity index (χ1v) is 8.80. The van der Waals surface area contributed by atoms with Crippen molar-refractivity contribution < 1.29 is 22.1 Å². The predicted octanol–water partition coefficient (Wildman–Crippen LogP) is 2.94. The largest absolute Gasteiger partial charge is 0.444 e. The van der Waals surface area contributed by atoms with Gasteiger partial charge in [0.25, 0.3) is 10.1 Å². The van der Waals surface area contributed by atoms with Gasteiger partial charge in [0.05, 0.1) is 12.9 Å². The van der Waals surface area contributed by atoms with Crippen LogP contribution < -0.4 is 5.32 Å². The molecule has 0 aliphatic rings. The van der Waals surface area contributed by atoms with Gasteiger partial charge < -0.3 is 4.74 Å². The molecule has 6 nitrogen and oxygen atoms in total. The molecule has 0 saturated heterocycles. The number of carbonyl (C=O) groups excluding carboxylic acids is 1. The highest BCUT2D eigenvalue weighted by Crippen LogP contribution is 2.14. The Labute approximate surface area is 131 Å². The summed E-state index contributed by atoms with van der Waals surface area (Å²) in [6.07, 6.45) is 1.74. The van der Waals surface area contributed by atoms with Crippen LogP contribution in [0.3, 0.4) is 0 Å². The van der Waals surface area contributed by atoms with E-state index in [4.69, 9.17) is 4.74 Å². The molecule has 0 spiro atoms. The Kier molecular flexibility index (Phi) is 6.37. The minimum atomic E-state index is -3.39. The van der Waals surface area contributed by atoms with Crippen molar-refractivity contribution in [2.24, 2.45) is 0 Å². The highest BCUT2D eigenvalue weighted by molar-refractivity contribution is 7.85. The lowest BCUT2D eigenvalue weighted by Gasteiger charge is -2.19. The van der Waals surface area contributed by atoms with Crippen molar-refractivity contribution in [2.75, 3.05) is 18.2 Å². The first kappa shape index (κ1) is 18.4. The lowest BCUT2D eigenvalue weighted by Crippen LogP contribution is -2.27. The molecule has 1 aromatic carbocycles. The fraction of sp³-hybridized carbons (Fsp3) is 0.533. The fourth-order valence-corrected chi connectivity index (χ4v) is 2.13. The zero-order valence-corrected chi connectivity index (χ0v) is 14.2. The molecular weight excluding hydrogens is 306 g/mol. The molecule has 0 aliphatic heterocycles. The van der Waals surface area contributed by atoms with E-state index in [1.54, 1.807) is 26.8 Å². The standard InChI is InChI=1S/C15H23NO5S/c1-15(2,3)21-14(17)16-13-9-5-7-12(11-13)8-6-10-20-22(4,18)19/h5,7,9,11H,6,8,10H2,1-4H3,(H,16,17). The Morgan fingerprint density at radius 2 is 1.95 bits per heavy atom. The second-order valence-electron chi connectivity index (χ2n) is 5.96. The maximum absolute atomic E-state index is 11.7. The summed E-state index contributed by atoms with van der Waals surface area (Å²) in [5.74, 6) is 0. The third-order valence-corrected chi connectivity index (χ3v) is 3.07. The molecule has 7 heteroatoms. The summed E-state index contributed by atoms with van der Waals surface area (Å²) >= 11 is 0.